The SMILES string of the molecule is COc1c(C(=O)N(C)Cc2cccc(-c3ccc(CC4SC(=O)NC4=O)cc3)c2)ccc2ccccc12. The lowest BCUT2D eigenvalue weighted by atomic mass is 10.00. The van der Waals surface area contributed by atoms with Gasteiger partial charge in [0, 0.05) is 19.0 Å². The summed E-state index contributed by atoms with van der Waals surface area (Å²) in [7, 11) is 3.38. The fourth-order valence-corrected chi connectivity index (χ4v) is 5.47. The summed E-state index contributed by atoms with van der Waals surface area (Å²) in [6.45, 7) is 0.447. The molecule has 4 aromatic rings. The molecule has 0 spiro atoms. The average molecular weight is 511 g/mol. The first-order valence-corrected chi connectivity index (χ1v) is 12.8. The minimum atomic E-state index is -0.379. The molecule has 1 aliphatic heterocycles. The highest BCUT2D eigenvalue weighted by Crippen LogP contribution is 2.31. The van der Waals surface area contributed by atoms with Crippen LogP contribution in [0.4, 0.5) is 4.79 Å². The Morgan fingerprint density at radius 1 is 0.919 bits per heavy atom. The van der Waals surface area contributed by atoms with Gasteiger partial charge in [-0.3, -0.25) is 19.7 Å². The first-order valence-electron chi connectivity index (χ1n) is 11.9. The molecule has 4 aromatic carbocycles. The Labute approximate surface area is 219 Å². The van der Waals surface area contributed by atoms with Gasteiger partial charge in [-0.15, -0.1) is 0 Å². The van der Waals surface area contributed by atoms with E-state index in [4.69, 9.17) is 4.74 Å². The van der Waals surface area contributed by atoms with Crippen LogP contribution in [0.5, 0.6) is 5.75 Å². The molecule has 0 aliphatic carbocycles. The Kier molecular flexibility index (Phi) is 6.97. The maximum Gasteiger partial charge on any atom is 0.286 e. The molecule has 1 N–H and O–H groups in total. The molecule has 0 bridgehead atoms. The number of hydrogen-bond acceptors (Lipinski definition) is 5. The van der Waals surface area contributed by atoms with E-state index in [1.165, 1.54) is 0 Å². The zero-order chi connectivity index (χ0) is 25.9. The van der Waals surface area contributed by atoms with Crippen molar-refractivity contribution in [1.29, 1.82) is 0 Å². The van der Waals surface area contributed by atoms with E-state index in [0.717, 1.165) is 44.8 Å². The Balaban J connectivity index is 1.30. The highest BCUT2D eigenvalue weighted by molar-refractivity contribution is 8.15. The Morgan fingerprint density at radius 2 is 1.70 bits per heavy atom. The Bertz CT molecular complexity index is 1500. The van der Waals surface area contributed by atoms with E-state index in [-0.39, 0.29) is 22.3 Å². The van der Waals surface area contributed by atoms with Gasteiger partial charge in [-0.2, -0.15) is 0 Å². The molecule has 0 radical (unpaired) electrons. The van der Waals surface area contributed by atoms with Crippen molar-refractivity contribution >= 4 is 39.6 Å². The third-order valence-corrected chi connectivity index (χ3v) is 7.46. The molecule has 7 heteroatoms. The van der Waals surface area contributed by atoms with Gasteiger partial charge < -0.3 is 9.64 Å². The van der Waals surface area contributed by atoms with Crippen molar-refractivity contribution in [1.82, 2.24) is 10.2 Å². The molecule has 1 unspecified atom stereocenters. The maximum atomic E-state index is 13.3. The van der Waals surface area contributed by atoms with Crippen molar-refractivity contribution in [2.45, 2.75) is 18.2 Å². The standard InChI is InChI=1S/C30H26N2O4S/c1-32(29(34)25-15-14-22-7-3-4-9-24(22)27(25)36-2)18-20-6-5-8-23(16-20)21-12-10-19(11-13-21)17-26-28(33)31-30(35)37-26/h3-16,26H,17-18H2,1-2H3,(H,31,33,35). The highest BCUT2D eigenvalue weighted by Gasteiger charge is 2.31. The van der Waals surface area contributed by atoms with Crippen molar-refractivity contribution < 1.29 is 19.1 Å². The summed E-state index contributed by atoms with van der Waals surface area (Å²) < 4.78 is 5.63. The van der Waals surface area contributed by atoms with Gasteiger partial charge in [0.25, 0.3) is 11.1 Å². The third-order valence-electron chi connectivity index (χ3n) is 6.48. The van der Waals surface area contributed by atoms with Crippen LogP contribution in [-0.4, -0.2) is 41.4 Å². The minimum absolute atomic E-state index is 0.107. The molecule has 1 saturated heterocycles. The van der Waals surface area contributed by atoms with Gasteiger partial charge in [0.2, 0.25) is 5.91 Å². The molecule has 3 amide bonds. The molecule has 0 aromatic heterocycles. The lowest BCUT2D eigenvalue weighted by Crippen LogP contribution is -2.26. The van der Waals surface area contributed by atoms with Crippen LogP contribution >= 0.6 is 11.8 Å². The van der Waals surface area contributed by atoms with Crippen LogP contribution in [0.15, 0.2) is 84.9 Å². The number of carbonyl (C=O) groups excluding carboxylic acids is 3. The average Bonchev–Trinajstić information content (AvgIpc) is 3.24. The molecule has 37 heavy (non-hydrogen) atoms. The quantitative estimate of drug-likeness (QED) is 0.346. The van der Waals surface area contributed by atoms with Gasteiger partial charge >= 0.3 is 0 Å². The second-order valence-corrected chi connectivity index (χ2v) is 10.2. The van der Waals surface area contributed by atoms with Gasteiger partial charge in [0.1, 0.15) is 5.75 Å². The minimum Gasteiger partial charge on any atom is -0.495 e. The fourth-order valence-electron chi connectivity index (χ4n) is 4.61. The van der Waals surface area contributed by atoms with E-state index in [1.807, 2.05) is 78.9 Å². The molecular weight excluding hydrogens is 484 g/mol. The van der Waals surface area contributed by atoms with E-state index in [2.05, 4.69) is 11.4 Å². The largest absolute Gasteiger partial charge is 0.495 e. The Morgan fingerprint density at radius 3 is 2.43 bits per heavy atom. The maximum absolute atomic E-state index is 13.3. The van der Waals surface area contributed by atoms with E-state index in [9.17, 15) is 14.4 Å². The highest BCUT2D eigenvalue weighted by atomic mass is 32.2. The summed E-state index contributed by atoms with van der Waals surface area (Å²) in [5.41, 5.74) is 4.62. The molecule has 5 rings (SSSR count). The van der Waals surface area contributed by atoms with E-state index >= 15 is 0 Å². The fraction of sp³-hybridized carbons (Fsp3) is 0.167. The van der Waals surface area contributed by atoms with Crippen LogP contribution in [0.2, 0.25) is 0 Å². The lowest BCUT2D eigenvalue weighted by molar-refractivity contribution is -0.118. The summed E-state index contributed by atoms with van der Waals surface area (Å²) in [6.07, 6.45) is 0.508. The number of amides is 3. The van der Waals surface area contributed by atoms with Crippen LogP contribution in [0, 0.1) is 0 Å². The van der Waals surface area contributed by atoms with Crippen molar-refractivity contribution in [3.8, 4) is 16.9 Å². The number of nitrogens with zero attached hydrogens (tertiary/aromatic N) is 1. The van der Waals surface area contributed by atoms with Crippen LogP contribution in [0.25, 0.3) is 21.9 Å². The summed E-state index contributed by atoms with van der Waals surface area (Å²) in [4.78, 5) is 38.3. The summed E-state index contributed by atoms with van der Waals surface area (Å²) >= 11 is 1.04. The third kappa shape index (κ3) is 5.22. The number of rotatable bonds is 7. The van der Waals surface area contributed by atoms with Gasteiger partial charge in [-0.25, -0.2) is 0 Å². The van der Waals surface area contributed by atoms with Gasteiger partial charge in [-0.1, -0.05) is 84.6 Å². The molecule has 1 aliphatic rings. The predicted molar refractivity (Wildman–Crippen MR) is 147 cm³/mol. The number of fused-ring (bicyclic) bond motifs is 1. The summed E-state index contributed by atoms with van der Waals surface area (Å²) in [5, 5.41) is 3.60. The van der Waals surface area contributed by atoms with Crippen molar-refractivity contribution in [3.05, 3.63) is 102 Å². The molecule has 186 valence electrons. The molecular formula is C30H26N2O4S. The van der Waals surface area contributed by atoms with Gasteiger partial charge in [0.15, 0.2) is 0 Å². The number of benzene rings is 4. The van der Waals surface area contributed by atoms with Crippen molar-refractivity contribution in [2.24, 2.45) is 0 Å². The van der Waals surface area contributed by atoms with Crippen LogP contribution in [-0.2, 0) is 17.8 Å². The van der Waals surface area contributed by atoms with Gasteiger partial charge in [0.05, 0.1) is 17.9 Å². The predicted octanol–water partition coefficient (Wildman–Crippen LogP) is 5.68. The molecule has 0 saturated carbocycles. The summed E-state index contributed by atoms with van der Waals surface area (Å²) in [5.74, 6) is 0.248. The Hall–Kier alpha value is -4.10. The number of imide groups is 1. The number of methoxy groups -OCH3 is 1. The van der Waals surface area contributed by atoms with Crippen molar-refractivity contribution in [2.75, 3.05) is 14.2 Å². The van der Waals surface area contributed by atoms with Gasteiger partial charge in [-0.05, 0) is 46.2 Å². The monoisotopic (exact) mass is 510 g/mol. The van der Waals surface area contributed by atoms with Crippen LogP contribution in [0.3, 0.4) is 0 Å². The smallest absolute Gasteiger partial charge is 0.286 e. The summed E-state index contributed by atoms with van der Waals surface area (Å²) in [6, 6.07) is 27.7. The first kappa shape index (κ1) is 24.6. The zero-order valence-electron chi connectivity index (χ0n) is 20.6. The number of ether oxygens (including phenoxy) is 1. The van der Waals surface area contributed by atoms with E-state index < -0.39 is 0 Å². The molecule has 6 nitrogen and oxygen atoms in total. The van der Waals surface area contributed by atoms with Crippen LogP contribution < -0.4 is 10.1 Å². The molecule has 1 fully saturated rings. The molecule has 1 atom stereocenters. The van der Waals surface area contributed by atoms with E-state index in [1.54, 1.807) is 19.1 Å². The van der Waals surface area contributed by atoms with Crippen LogP contribution in [0.1, 0.15) is 21.5 Å². The lowest BCUT2D eigenvalue weighted by Gasteiger charge is -2.20. The zero-order valence-corrected chi connectivity index (χ0v) is 21.4. The number of thioether (sulfide) groups is 1. The first-order chi connectivity index (χ1) is 17.9. The van der Waals surface area contributed by atoms with E-state index in [0.29, 0.717) is 24.3 Å². The second kappa shape index (κ2) is 10.5. The number of hydrogen-bond donors (Lipinski definition) is 1. The molecule has 1 heterocycles. The van der Waals surface area contributed by atoms with Crippen molar-refractivity contribution in [3.63, 3.8) is 0 Å². The number of carbonyl (C=O) groups is 3. The normalized spacial score (nSPS) is 15.0. The topological polar surface area (TPSA) is 75.7 Å². The second-order valence-electron chi connectivity index (χ2n) is 9.01. The number of nitrogens with one attached hydrogen (secondary N) is 1.